The summed E-state index contributed by atoms with van der Waals surface area (Å²) in [6.45, 7) is 6.57. The number of rotatable bonds is 10. The normalized spacial score (nSPS) is 11.1. The van der Waals surface area contributed by atoms with E-state index in [1.807, 2.05) is 13.8 Å². The first-order chi connectivity index (χ1) is 15.8. The van der Waals surface area contributed by atoms with E-state index in [4.69, 9.17) is 4.74 Å². The lowest BCUT2D eigenvalue weighted by Crippen LogP contribution is -2.24. The van der Waals surface area contributed by atoms with E-state index in [2.05, 4.69) is 21.9 Å². The summed E-state index contributed by atoms with van der Waals surface area (Å²) in [7, 11) is -3.69. The molecule has 0 aliphatic carbocycles. The zero-order valence-corrected chi connectivity index (χ0v) is 19.9. The molecule has 3 aromatic rings. The van der Waals surface area contributed by atoms with Crippen molar-refractivity contribution in [3.05, 3.63) is 77.5 Å². The molecule has 1 heterocycles. The number of nitrogens with one attached hydrogen (secondary N) is 2. The number of aromatic nitrogens is 1. The van der Waals surface area contributed by atoms with Crippen LogP contribution >= 0.6 is 0 Å². The molecule has 0 aliphatic rings. The second-order valence-corrected chi connectivity index (χ2v) is 9.51. The summed E-state index contributed by atoms with van der Waals surface area (Å²) >= 11 is 0. The highest BCUT2D eigenvalue weighted by molar-refractivity contribution is 7.92. The summed E-state index contributed by atoms with van der Waals surface area (Å²) in [4.78, 5) is 16.5. The SMILES string of the molecule is CCCCCNC(=O)c1ccc(Oc2ccc(NS(=O)(=O)c3ccc(C)c(C)c3)cc2)nc1. The number of hydrogen-bond acceptors (Lipinski definition) is 5. The Balaban J connectivity index is 1.59. The van der Waals surface area contributed by atoms with E-state index in [1.54, 1.807) is 54.6 Å². The maximum Gasteiger partial charge on any atom is 0.261 e. The van der Waals surface area contributed by atoms with Crippen molar-refractivity contribution in [1.29, 1.82) is 0 Å². The van der Waals surface area contributed by atoms with Crippen LogP contribution < -0.4 is 14.8 Å². The number of amides is 1. The fourth-order valence-corrected chi connectivity index (χ4v) is 4.20. The average Bonchev–Trinajstić information content (AvgIpc) is 2.80. The largest absolute Gasteiger partial charge is 0.439 e. The predicted octanol–water partition coefficient (Wildman–Crippen LogP) is 5.21. The third-order valence-electron chi connectivity index (χ3n) is 5.18. The fourth-order valence-electron chi connectivity index (χ4n) is 3.06. The third-order valence-corrected chi connectivity index (χ3v) is 6.56. The van der Waals surface area contributed by atoms with Gasteiger partial charge in [0, 0.05) is 24.5 Å². The number of hydrogen-bond donors (Lipinski definition) is 2. The molecule has 0 bridgehead atoms. The average molecular weight is 468 g/mol. The van der Waals surface area contributed by atoms with Gasteiger partial charge in [0.25, 0.3) is 15.9 Å². The predicted molar refractivity (Wildman–Crippen MR) is 129 cm³/mol. The molecule has 1 aromatic heterocycles. The van der Waals surface area contributed by atoms with Crippen LogP contribution in [0, 0.1) is 13.8 Å². The standard InChI is InChI=1S/C25H29N3O4S/c1-4-5-6-15-26-25(29)20-8-14-24(27-17-20)32-22-11-9-21(10-12-22)28-33(30,31)23-13-7-18(2)19(3)16-23/h7-14,16-17,28H,4-6,15H2,1-3H3,(H,26,29). The molecule has 8 heteroatoms. The number of nitrogens with zero attached hydrogens (tertiary/aromatic N) is 1. The van der Waals surface area contributed by atoms with Gasteiger partial charge in [0.15, 0.2) is 0 Å². The van der Waals surface area contributed by atoms with E-state index >= 15 is 0 Å². The molecule has 2 aromatic carbocycles. The molecule has 7 nitrogen and oxygen atoms in total. The highest BCUT2D eigenvalue weighted by atomic mass is 32.2. The van der Waals surface area contributed by atoms with Crippen molar-refractivity contribution in [2.75, 3.05) is 11.3 Å². The molecule has 3 rings (SSSR count). The number of carbonyl (C=O) groups excluding carboxylic acids is 1. The van der Waals surface area contributed by atoms with Crippen molar-refractivity contribution >= 4 is 21.6 Å². The number of ether oxygens (including phenoxy) is 1. The number of benzene rings is 2. The summed E-state index contributed by atoms with van der Waals surface area (Å²) in [5.41, 5.74) is 2.83. The molecule has 0 spiro atoms. The number of carbonyl (C=O) groups is 1. The maximum absolute atomic E-state index is 12.6. The first kappa shape index (κ1) is 24.3. The van der Waals surface area contributed by atoms with E-state index in [0.29, 0.717) is 29.4 Å². The van der Waals surface area contributed by atoms with Crippen LogP contribution in [0.25, 0.3) is 0 Å². The van der Waals surface area contributed by atoms with Crippen molar-refractivity contribution in [2.45, 2.75) is 44.9 Å². The quantitative estimate of drug-likeness (QED) is 0.399. The summed E-state index contributed by atoms with van der Waals surface area (Å²) in [6.07, 6.45) is 4.60. The van der Waals surface area contributed by atoms with E-state index in [-0.39, 0.29) is 10.8 Å². The van der Waals surface area contributed by atoms with Crippen molar-refractivity contribution in [2.24, 2.45) is 0 Å². The molecule has 1 amide bonds. The van der Waals surface area contributed by atoms with Gasteiger partial charge in [0.05, 0.1) is 10.5 Å². The lowest BCUT2D eigenvalue weighted by Gasteiger charge is -2.11. The Hall–Kier alpha value is -3.39. The van der Waals surface area contributed by atoms with Crippen LogP contribution in [-0.2, 0) is 10.0 Å². The molecule has 0 aliphatic heterocycles. The minimum absolute atomic E-state index is 0.162. The van der Waals surface area contributed by atoms with Crippen LogP contribution in [-0.4, -0.2) is 25.9 Å². The fraction of sp³-hybridized carbons (Fsp3) is 0.280. The van der Waals surface area contributed by atoms with E-state index in [1.165, 1.54) is 6.20 Å². The van der Waals surface area contributed by atoms with E-state index in [0.717, 1.165) is 30.4 Å². The molecule has 0 fully saturated rings. The van der Waals surface area contributed by atoms with Gasteiger partial charge in [-0.25, -0.2) is 13.4 Å². The molecule has 2 N–H and O–H groups in total. The van der Waals surface area contributed by atoms with Crippen molar-refractivity contribution in [1.82, 2.24) is 10.3 Å². The van der Waals surface area contributed by atoms with Gasteiger partial charge in [-0.1, -0.05) is 25.8 Å². The summed E-state index contributed by atoms with van der Waals surface area (Å²) in [5, 5.41) is 2.87. The van der Waals surface area contributed by atoms with Crippen LogP contribution in [0.4, 0.5) is 5.69 Å². The molecular formula is C25H29N3O4S. The van der Waals surface area contributed by atoms with Crippen LogP contribution in [0.15, 0.2) is 65.7 Å². The van der Waals surface area contributed by atoms with Gasteiger partial charge in [-0.05, 0) is 73.9 Å². The van der Waals surface area contributed by atoms with Crippen molar-refractivity contribution in [3.63, 3.8) is 0 Å². The molecule has 0 saturated heterocycles. The molecule has 0 atom stereocenters. The van der Waals surface area contributed by atoms with E-state index in [9.17, 15) is 13.2 Å². The number of aryl methyl sites for hydroxylation is 2. The van der Waals surface area contributed by atoms with Gasteiger partial charge in [-0.3, -0.25) is 9.52 Å². The van der Waals surface area contributed by atoms with Crippen LogP contribution in [0.3, 0.4) is 0 Å². The number of sulfonamides is 1. The lowest BCUT2D eigenvalue weighted by atomic mass is 10.1. The minimum Gasteiger partial charge on any atom is -0.439 e. The van der Waals surface area contributed by atoms with Gasteiger partial charge in [0.1, 0.15) is 5.75 Å². The first-order valence-electron chi connectivity index (χ1n) is 10.9. The van der Waals surface area contributed by atoms with Crippen LogP contribution in [0.5, 0.6) is 11.6 Å². The van der Waals surface area contributed by atoms with Crippen molar-refractivity contribution in [3.8, 4) is 11.6 Å². The monoisotopic (exact) mass is 467 g/mol. The molecular weight excluding hydrogens is 438 g/mol. The molecule has 0 unspecified atom stereocenters. The number of pyridine rings is 1. The first-order valence-corrected chi connectivity index (χ1v) is 12.4. The topological polar surface area (TPSA) is 97.4 Å². The Morgan fingerprint density at radius 2 is 1.73 bits per heavy atom. The van der Waals surface area contributed by atoms with Crippen LogP contribution in [0.1, 0.15) is 47.7 Å². The maximum atomic E-state index is 12.6. The third kappa shape index (κ3) is 6.79. The molecule has 0 radical (unpaired) electrons. The Labute approximate surface area is 195 Å². The second-order valence-electron chi connectivity index (χ2n) is 7.83. The zero-order chi connectivity index (χ0) is 23.8. The van der Waals surface area contributed by atoms with Crippen LogP contribution in [0.2, 0.25) is 0 Å². The van der Waals surface area contributed by atoms with Gasteiger partial charge in [-0.15, -0.1) is 0 Å². The summed E-state index contributed by atoms with van der Waals surface area (Å²) < 4.78 is 33.6. The Morgan fingerprint density at radius 3 is 2.36 bits per heavy atom. The lowest BCUT2D eigenvalue weighted by molar-refractivity contribution is 0.0952. The van der Waals surface area contributed by atoms with E-state index < -0.39 is 10.0 Å². The van der Waals surface area contributed by atoms with Gasteiger partial charge < -0.3 is 10.1 Å². The highest BCUT2D eigenvalue weighted by Crippen LogP contribution is 2.24. The molecule has 174 valence electrons. The van der Waals surface area contributed by atoms with Gasteiger partial charge >= 0.3 is 0 Å². The number of unbranched alkanes of at least 4 members (excludes halogenated alkanes) is 2. The minimum atomic E-state index is -3.69. The summed E-state index contributed by atoms with van der Waals surface area (Å²) in [5.74, 6) is 0.667. The van der Waals surface area contributed by atoms with Crippen molar-refractivity contribution < 1.29 is 17.9 Å². The molecule has 33 heavy (non-hydrogen) atoms. The molecule has 0 saturated carbocycles. The van der Waals surface area contributed by atoms with Gasteiger partial charge in [-0.2, -0.15) is 0 Å². The Bertz CT molecular complexity index is 1190. The Morgan fingerprint density at radius 1 is 0.970 bits per heavy atom. The number of anilines is 1. The zero-order valence-electron chi connectivity index (χ0n) is 19.1. The second kappa shape index (κ2) is 11.0. The smallest absolute Gasteiger partial charge is 0.261 e. The van der Waals surface area contributed by atoms with Gasteiger partial charge in [0.2, 0.25) is 5.88 Å². The highest BCUT2D eigenvalue weighted by Gasteiger charge is 2.15. The summed E-state index contributed by atoms with van der Waals surface area (Å²) in [6, 6.07) is 14.8. The Kier molecular flexibility index (Phi) is 8.06.